The number of carbonyl (C=O) groups is 1. The third-order valence-electron chi connectivity index (χ3n) is 2.36. The Kier molecular flexibility index (Phi) is 3.79. The van der Waals surface area contributed by atoms with Gasteiger partial charge in [-0.15, -0.1) is 12.4 Å². The van der Waals surface area contributed by atoms with Crippen molar-refractivity contribution in [3.63, 3.8) is 0 Å². The van der Waals surface area contributed by atoms with E-state index in [1.807, 2.05) is 0 Å². The molecule has 3 N–H and O–H groups in total. The lowest BCUT2D eigenvalue weighted by atomic mass is 10.1. The molecule has 1 heterocycles. The summed E-state index contributed by atoms with van der Waals surface area (Å²) in [6.45, 7) is 0. The zero-order valence-electron chi connectivity index (χ0n) is 8.43. The molecule has 2 aromatic rings. The molecule has 2 rings (SSSR count). The third kappa shape index (κ3) is 2.46. The standard InChI is InChI=1S/C11H11NO3.ClH/c13-8-2-3-10-9(5-8)7(6-12-10)1-4-11(14)15;/h2-3,5-6,12-13H,1,4H2,(H,14,15);1H. The van der Waals surface area contributed by atoms with Crippen LogP contribution < -0.4 is 0 Å². The van der Waals surface area contributed by atoms with Gasteiger partial charge in [0.15, 0.2) is 0 Å². The molecule has 0 atom stereocenters. The van der Waals surface area contributed by atoms with E-state index in [1.54, 1.807) is 24.4 Å². The number of aryl methyl sites for hydroxylation is 1. The second-order valence-electron chi connectivity index (χ2n) is 3.44. The van der Waals surface area contributed by atoms with E-state index < -0.39 is 5.97 Å². The van der Waals surface area contributed by atoms with E-state index in [-0.39, 0.29) is 24.6 Å². The maximum Gasteiger partial charge on any atom is 0.303 e. The number of aliphatic carboxylic acids is 1. The highest BCUT2D eigenvalue weighted by molar-refractivity contribution is 5.85. The summed E-state index contributed by atoms with van der Waals surface area (Å²) in [6, 6.07) is 5.01. The minimum absolute atomic E-state index is 0. The van der Waals surface area contributed by atoms with Crippen LogP contribution in [0.2, 0.25) is 0 Å². The van der Waals surface area contributed by atoms with E-state index in [2.05, 4.69) is 4.98 Å². The number of carboxylic acid groups (broad SMARTS) is 1. The molecule has 0 bridgehead atoms. The SMILES string of the molecule is Cl.O=C(O)CCc1c[nH]c2ccc(O)cc12. The third-order valence-corrected chi connectivity index (χ3v) is 2.36. The quantitative estimate of drug-likeness (QED) is 0.772. The molecule has 0 radical (unpaired) electrons. The first kappa shape index (κ1) is 12.4. The molecule has 0 spiro atoms. The number of nitrogens with one attached hydrogen (secondary N) is 1. The number of phenolic OH excluding ortho intramolecular Hbond substituents is 1. The van der Waals surface area contributed by atoms with Crippen LogP contribution in [0.3, 0.4) is 0 Å². The number of H-pyrrole nitrogens is 1. The normalized spacial score (nSPS) is 10.0. The molecule has 4 nitrogen and oxygen atoms in total. The molecular weight excluding hydrogens is 230 g/mol. The summed E-state index contributed by atoms with van der Waals surface area (Å²) in [5.41, 5.74) is 1.83. The summed E-state index contributed by atoms with van der Waals surface area (Å²) in [7, 11) is 0. The molecule has 0 unspecified atom stereocenters. The maximum absolute atomic E-state index is 10.4. The molecule has 0 aliphatic rings. The lowest BCUT2D eigenvalue weighted by molar-refractivity contribution is -0.136. The second-order valence-corrected chi connectivity index (χ2v) is 3.44. The van der Waals surface area contributed by atoms with E-state index in [0.29, 0.717) is 6.42 Å². The molecule has 0 fully saturated rings. The van der Waals surface area contributed by atoms with Crippen LogP contribution in [-0.4, -0.2) is 21.2 Å². The largest absolute Gasteiger partial charge is 0.508 e. The predicted molar refractivity (Wildman–Crippen MR) is 63.2 cm³/mol. The van der Waals surface area contributed by atoms with Crippen molar-refractivity contribution in [3.05, 3.63) is 30.0 Å². The predicted octanol–water partition coefficient (Wildman–Crippen LogP) is 2.31. The van der Waals surface area contributed by atoms with Crippen LogP contribution in [0.1, 0.15) is 12.0 Å². The molecule has 0 aliphatic heterocycles. The summed E-state index contributed by atoms with van der Waals surface area (Å²) in [5.74, 6) is -0.622. The van der Waals surface area contributed by atoms with Gasteiger partial charge in [-0.05, 0) is 30.2 Å². The van der Waals surface area contributed by atoms with E-state index >= 15 is 0 Å². The number of aromatic hydroxyl groups is 1. The number of phenols is 1. The average molecular weight is 242 g/mol. The van der Waals surface area contributed by atoms with Gasteiger partial charge in [0, 0.05) is 23.5 Å². The van der Waals surface area contributed by atoms with Gasteiger partial charge >= 0.3 is 5.97 Å². The fraction of sp³-hybridized carbons (Fsp3) is 0.182. The zero-order chi connectivity index (χ0) is 10.8. The number of hydrogen-bond acceptors (Lipinski definition) is 2. The van der Waals surface area contributed by atoms with Gasteiger partial charge in [0.2, 0.25) is 0 Å². The number of benzene rings is 1. The fourth-order valence-electron chi connectivity index (χ4n) is 1.61. The van der Waals surface area contributed by atoms with E-state index in [4.69, 9.17) is 5.11 Å². The second kappa shape index (κ2) is 4.90. The van der Waals surface area contributed by atoms with Gasteiger partial charge in [0.1, 0.15) is 5.75 Å². The first-order valence-corrected chi connectivity index (χ1v) is 4.67. The number of aromatic amines is 1. The van der Waals surface area contributed by atoms with Crippen LogP contribution in [0.4, 0.5) is 0 Å². The smallest absolute Gasteiger partial charge is 0.303 e. The van der Waals surface area contributed by atoms with Gasteiger partial charge < -0.3 is 15.2 Å². The van der Waals surface area contributed by atoms with Crippen LogP contribution in [0, 0.1) is 0 Å². The number of fused-ring (bicyclic) bond motifs is 1. The molecule has 0 aliphatic carbocycles. The molecule has 1 aromatic heterocycles. The molecule has 0 amide bonds. The van der Waals surface area contributed by atoms with Crippen molar-refractivity contribution in [2.24, 2.45) is 0 Å². The van der Waals surface area contributed by atoms with Crippen molar-refractivity contribution in [2.75, 3.05) is 0 Å². The number of hydrogen-bond donors (Lipinski definition) is 3. The molecule has 0 saturated carbocycles. The molecule has 86 valence electrons. The first-order chi connectivity index (χ1) is 7.16. The van der Waals surface area contributed by atoms with Crippen LogP contribution in [0.25, 0.3) is 10.9 Å². The molecule has 0 saturated heterocycles. The lowest BCUT2D eigenvalue weighted by Crippen LogP contribution is -1.96. The fourth-order valence-corrected chi connectivity index (χ4v) is 1.61. The Morgan fingerprint density at radius 3 is 2.81 bits per heavy atom. The molecule has 16 heavy (non-hydrogen) atoms. The molecule has 1 aromatic carbocycles. The molecule has 5 heteroatoms. The minimum atomic E-state index is -0.815. The Hall–Kier alpha value is -1.68. The summed E-state index contributed by atoms with van der Waals surface area (Å²) < 4.78 is 0. The van der Waals surface area contributed by atoms with Crippen LogP contribution >= 0.6 is 12.4 Å². The number of halogens is 1. The van der Waals surface area contributed by atoms with Crippen LogP contribution in [0.15, 0.2) is 24.4 Å². The van der Waals surface area contributed by atoms with Gasteiger partial charge in [-0.3, -0.25) is 4.79 Å². The highest BCUT2D eigenvalue weighted by Crippen LogP contribution is 2.23. The van der Waals surface area contributed by atoms with Gasteiger partial charge in [0.05, 0.1) is 0 Å². The molecular formula is C11H12ClNO3. The van der Waals surface area contributed by atoms with E-state index in [9.17, 15) is 9.90 Å². The van der Waals surface area contributed by atoms with Gasteiger partial charge in [-0.25, -0.2) is 0 Å². The maximum atomic E-state index is 10.4. The summed E-state index contributed by atoms with van der Waals surface area (Å²) in [6.07, 6.45) is 2.36. The van der Waals surface area contributed by atoms with Gasteiger partial charge in [-0.2, -0.15) is 0 Å². The Bertz CT molecular complexity index is 507. The van der Waals surface area contributed by atoms with Crippen molar-refractivity contribution in [1.29, 1.82) is 0 Å². The minimum Gasteiger partial charge on any atom is -0.508 e. The zero-order valence-corrected chi connectivity index (χ0v) is 9.25. The van der Waals surface area contributed by atoms with Crippen molar-refractivity contribution in [3.8, 4) is 5.75 Å². The van der Waals surface area contributed by atoms with Crippen molar-refractivity contribution >= 4 is 29.3 Å². The Labute approximate surface area is 98.3 Å². The highest BCUT2D eigenvalue weighted by atomic mass is 35.5. The van der Waals surface area contributed by atoms with Gasteiger partial charge in [-0.1, -0.05) is 0 Å². The van der Waals surface area contributed by atoms with Crippen molar-refractivity contribution in [2.45, 2.75) is 12.8 Å². The van der Waals surface area contributed by atoms with E-state index in [0.717, 1.165) is 16.5 Å². The monoisotopic (exact) mass is 241 g/mol. The van der Waals surface area contributed by atoms with Crippen molar-refractivity contribution < 1.29 is 15.0 Å². The lowest BCUT2D eigenvalue weighted by Gasteiger charge is -1.97. The summed E-state index contributed by atoms with van der Waals surface area (Å²) in [4.78, 5) is 13.5. The van der Waals surface area contributed by atoms with Crippen LogP contribution in [0.5, 0.6) is 5.75 Å². The number of rotatable bonds is 3. The first-order valence-electron chi connectivity index (χ1n) is 4.67. The Morgan fingerprint density at radius 2 is 2.12 bits per heavy atom. The summed E-state index contributed by atoms with van der Waals surface area (Å²) in [5, 5.41) is 18.8. The van der Waals surface area contributed by atoms with E-state index in [1.165, 1.54) is 0 Å². The van der Waals surface area contributed by atoms with Gasteiger partial charge in [0.25, 0.3) is 0 Å². The topological polar surface area (TPSA) is 73.3 Å². The highest BCUT2D eigenvalue weighted by Gasteiger charge is 2.06. The Balaban J connectivity index is 0.00000128. The summed E-state index contributed by atoms with van der Waals surface area (Å²) >= 11 is 0. The number of carboxylic acids is 1. The Morgan fingerprint density at radius 1 is 1.38 bits per heavy atom. The van der Waals surface area contributed by atoms with Crippen molar-refractivity contribution in [1.82, 2.24) is 4.98 Å². The average Bonchev–Trinajstić information content (AvgIpc) is 2.57. The van der Waals surface area contributed by atoms with Crippen LogP contribution in [-0.2, 0) is 11.2 Å². The number of aromatic nitrogens is 1.